The van der Waals surface area contributed by atoms with Crippen LogP contribution in [0.3, 0.4) is 0 Å². The number of hydrogen-bond acceptors (Lipinski definition) is 8. The molecule has 1 amide bonds. The summed E-state index contributed by atoms with van der Waals surface area (Å²) in [6, 6.07) is 9.98. The average molecular weight is 562 g/mol. The predicted octanol–water partition coefficient (Wildman–Crippen LogP) is 2.21. The van der Waals surface area contributed by atoms with Crippen molar-refractivity contribution >= 4 is 11.6 Å². The molecule has 1 aromatic heterocycles. The molecule has 0 saturated heterocycles. The van der Waals surface area contributed by atoms with Crippen molar-refractivity contribution in [1.82, 2.24) is 19.9 Å². The minimum absolute atomic E-state index is 0.0740. The standard InChI is InChI=1S/C30H39N7O4/c1-7-41-25-14-21-8-10-36-23(22(21)15-24(25)40-6)16-26(34-27-18(3)12-17(2)13-19(27)4)37(30(36)39)11-9-33-29(38)28(35-32)20(5)31/h12-16,35H,7-11,31-32H2,1-6H3,(H,33,38)/b28-20-,34-26+. The quantitative estimate of drug-likeness (QED) is 0.178. The van der Waals surface area contributed by atoms with Gasteiger partial charge in [0.05, 0.1) is 25.1 Å². The van der Waals surface area contributed by atoms with Gasteiger partial charge in [-0.25, -0.2) is 9.79 Å². The van der Waals surface area contributed by atoms with Gasteiger partial charge in [0.15, 0.2) is 11.5 Å². The molecule has 1 aliphatic rings. The number of nitrogens with two attached hydrogens (primary N) is 2. The van der Waals surface area contributed by atoms with Gasteiger partial charge in [0.2, 0.25) is 0 Å². The monoisotopic (exact) mass is 561 g/mol. The number of hydrogen-bond donors (Lipinski definition) is 4. The van der Waals surface area contributed by atoms with E-state index in [-0.39, 0.29) is 30.2 Å². The van der Waals surface area contributed by atoms with Crippen LogP contribution in [-0.4, -0.2) is 35.3 Å². The fourth-order valence-corrected chi connectivity index (χ4v) is 5.27. The molecule has 6 N–H and O–H groups in total. The molecule has 2 heterocycles. The number of amides is 1. The van der Waals surface area contributed by atoms with Crippen molar-refractivity contribution in [2.75, 3.05) is 20.3 Å². The molecule has 3 aromatic rings. The lowest BCUT2D eigenvalue weighted by molar-refractivity contribution is -0.117. The first kappa shape index (κ1) is 29.5. The molecule has 0 radical (unpaired) electrons. The number of nitrogens with one attached hydrogen (secondary N) is 2. The Morgan fingerprint density at radius 2 is 1.80 bits per heavy atom. The second kappa shape index (κ2) is 12.3. The number of carbonyl (C=O) groups excluding carboxylic acids is 1. The topological polar surface area (TPSA) is 151 Å². The number of rotatable bonds is 9. The molecular formula is C30H39N7O4. The fourth-order valence-electron chi connectivity index (χ4n) is 5.27. The van der Waals surface area contributed by atoms with E-state index in [1.165, 1.54) is 0 Å². The Kier molecular flexibility index (Phi) is 8.87. The van der Waals surface area contributed by atoms with Gasteiger partial charge in [0.25, 0.3) is 5.91 Å². The van der Waals surface area contributed by atoms with E-state index < -0.39 is 5.91 Å². The zero-order valence-electron chi connectivity index (χ0n) is 24.6. The maximum absolute atomic E-state index is 14.0. The first-order valence-corrected chi connectivity index (χ1v) is 13.6. The highest BCUT2D eigenvalue weighted by atomic mass is 16.5. The molecule has 11 heteroatoms. The smallest absolute Gasteiger partial charge is 0.330 e. The molecule has 41 heavy (non-hydrogen) atoms. The lowest BCUT2D eigenvalue weighted by Gasteiger charge is -2.25. The van der Waals surface area contributed by atoms with Gasteiger partial charge in [-0.2, -0.15) is 0 Å². The van der Waals surface area contributed by atoms with E-state index in [9.17, 15) is 9.59 Å². The van der Waals surface area contributed by atoms with Crippen LogP contribution in [0.15, 0.2) is 51.5 Å². The minimum atomic E-state index is -0.457. The Morgan fingerprint density at radius 1 is 1.10 bits per heavy atom. The van der Waals surface area contributed by atoms with Gasteiger partial charge >= 0.3 is 5.69 Å². The second-order valence-electron chi connectivity index (χ2n) is 10.1. The molecule has 1 aliphatic heterocycles. The van der Waals surface area contributed by atoms with Crippen molar-refractivity contribution in [2.45, 2.75) is 54.1 Å². The van der Waals surface area contributed by atoms with Crippen LogP contribution in [0.1, 0.15) is 36.1 Å². The summed E-state index contributed by atoms with van der Waals surface area (Å²) in [4.78, 5) is 31.6. The molecule has 4 rings (SSSR count). The summed E-state index contributed by atoms with van der Waals surface area (Å²) < 4.78 is 14.7. The SMILES string of the molecule is CCOc1cc2c(cc1OC)-c1c/c(=N\c3c(C)cc(C)cc3C)n(CCNC(=O)/C(NN)=C(\C)N)c(=O)n1CC2. The summed E-state index contributed by atoms with van der Waals surface area (Å²) in [7, 11) is 1.60. The van der Waals surface area contributed by atoms with Gasteiger partial charge in [0.1, 0.15) is 11.2 Å². The van der Waals surface area contributed by atoms with Crippen LogP contribution >= 0.6 is 0 Å². The maximum Gasteiger partial charge on any atom is 0.330 e. The zero-order chi connectivity index (χ0) is 29.8. The van der Waals surface area contributed by atoms with Crippen LogP contribution in [0, 0.1) is 20.8 Å². The molecule has 0 spiro atoms. The Bertz CT molecular complexity index is 1620. The number of fused-ring (bicyclic) bond motifs is 3. The molecule has 0 atom stereocenters. The van der Waals surface area contributed by atoms with Crippen molar-refractivity contribution in [1.29, 1.82) is 0 Å². The van der Waals surface area contributed by atoms with Crippen LogP contribution in [0.5, 0.6) is 11.5 Å². The number of aryl methyl sites for hydroxylation is 4. The van der Waals surface area contributed by atoms with E-state index in [0.717, 1.165) is 39.2 Å². The fraction of sp³-hybridized carbons (Fsp3) is 0.367. The number of carbonyl (C=O) groups is 1. The van der Waals surface area contributed by atoms with Gasteiger partial charge in [-0.3, -0.25) is 19.8 Å². The number of methoxy groups -OCH3 is 1. The molecule has 0 aliphatic carbocycles. The minimum Gasteiger partial charge on any atom is -0.493 e. The lowest BCUT2D eigenvalue weighted by atomic mass is 9.97. The first-order chi connectivity index (χ1) is 19.6. The van der Waals surface area contributed by atoms with Crippen LogP contribution in [0.2, 0.25) is 0 Å². The zero-order valence-corrected chi connectivity index (χ0v) is 24.6. The highest BCUT2D eigenvalue weighted by Gasteiger charge is 2.23. The Labute approximate surface area is 239 Å². The third-order valence-electron chi connectivity index (χ3n) is 7.11. The molecule has 2 aromatic carbocycles. The summed E-state index contributed by atoms with van der Waals surface area (Å²) in [5, 5.41) is 2.78. The first-order valence-electron chi connectivity index (χ1n) is 13.6. The highest BCUT2D eigenvalue weighted by molar-refractivity contribution is 5.93. The van der Waals surface area contributed by atoms with Crippen molar-refractivity contribution in [3.05, 3.63) is 80.0 Å². The van der Waals surface area contributed by atoms with E-state index in [1.807, 2.05) is 45.9 Å². The molecule has 11 nitrogen and oxygen atoms in total. The van der Waals surface area contributed by atoms with Crippen molar-refractivity contribution in [3.63, 3.8) is 0 Å². The van der Waals surface area contributed by atoms with E-state index in [2.05, 4.69) is 22.9 Å². The number of aromatic nitrogens is 2. The van der Waals surface area contributed by atoms with E-state index in [1.54, 1.807) is 23.2 Å². The van der Waals surface area contributed by atoms with Crippen LogP contribution < -0.4 is 43.0 Å². The molecular weight excluding hydrogens is 522 g/mol. The summed E-state index contributed by atoms with van der Waals surface area (Å²) in [5.74, 6) is 6.27. The molecule has 218 valence electrons. The summed E-state index contributed by atoms with van der Waals surface area (Å²) in [6.07, 6.45) is 0.655. The lowest BCUT2D eigenvalue weighted by Crippen LogP contribution is -2.45. The van der Waals surface area contributed by atoms with E-state index in [4.69, 9.17) is 26.0 Å². The second-order valence-corrected chi connectivity index (χ2v) is 10.1. The highest BCUT2D eigenvalue weighted by Crippen LogP contribution is 2.37. The van der Waals surface area contributed by atoms with Crippen molar-refractivity contribution in [3.8, 4) is 22.8 Å². The van der Waals surface area contributed by atoms with Gasteiger partial charge in [-0.05, 0) is 69.9 Å². The van der Waals surface area contributed by atoms with E-state index in [0.29, 0.717) is 36.6 Å². The number of ether oxygens (including phenoxy) is 2. The maximum atomic E-state index is 14.0. The Morgan fingerprint density at radius 3 is 2.41 bits per heavy atom. The number of hydrazine groups is 1. The third kappa shape index (κ3) is 5.99. The van der Waals surface area contributed by atoms with Crippen LogP contribution in [-0.2, 0) is 24.3 Å². The summed E-state index contributed by atoms with van der Waals surface area (Å²) in [5.41, 5.74) is 15.3. The van der Waals surface area contributed by atoms with Gasteiger partial charge in [0, 0.05) is 37.0 Å². The van der Waals surface area contributed by atoms with Crippen molar-refractivity contribution in [2.24, 2.45) is 16.6 Å². The Balaban J connectivity index is 1.88. The normalized spacial score (nSPS) is 13.2. The average Bonchev–Trinajstić information content (AvgIpc) is 2.92. The molecule has 0 unspecified atom stereocenters. The van der Waals surface area contributed by atoms with Crippen LogP contribution in [0.25, 0.3) is 11.3 Å². The molecule has 0 fully saturated rings. The number of allylic oxidation sites excluding steroid dienone is 1. The van der Waals surface area contributed by atoms with Crippen LogP contribution in [0.4, 0.5) is 5.69 Å². The van der Waals surface area contributed by atoms with E-state index >= 15 is 0 Å². The summed E-state index contributed by atoms with van der Waals surface area (Å²) >= 11 is 0. The van der Waals surface area contributed by atoms with Crippen molar-refractivity contribution < 1.29 is 14.3 Å². The third-order valence-corrected chi connectivity index (χ3v) is 7.11. The number of nitrogens with zero attached hydrogens (tertiary/aromatic N) is 3. The molecule has 0 bridgehead atoms. The predicted molar refractivity (Wildman–Crippen MR) is 159 cm³/mol. The molecule has 0 saturated carbocycles. The Hall–Kier alpha value is -4.51. The number of benzene rings is 2. The van der Waals surface area contributed by atoms with Gasteiger partial charge in [-0.1, -0.05) is 17.7 Å². The van der Waals surface area contributed by atoms with Gasteiger partial charge in [-0.15, -0.1) is 0 Å². The summed E-state index contributed by atoms with van der Waals surface area (Å²) in [6.45, 7) is 10.9. The van der Waals surface area contributed by atoms with Gasteiger partial charge < -0.3 is 25.9 Å². The largest absolute Gasteiger partial charge is 0.493 e.